The topological polar surface area (TPSA) is 113 Å². The van der Waals surface area contributed by atoms with E-state index in [9.17, 15) is 19.2 Å². The van der Waals surface area contributed by atoms with Gasteiger partial charge in [-0.15, -0.1) is 0 Å². The van der Waals surface area contributed by atoms with Gasteiger partial charge < -0.3 is 20.9 Å². The molecule has 0 spiro atoms. The predicted octanol–water partition coefficient (Wildman–Crippen LogP) is 0.941. The van der Waals surface area contributed by atoms with Gasteiger partial charge in [-0.2, -0.15) is 0 Å². The highest BCUT2D eigenvalue weighted by Crippen LogP contribution is 2.11. The minimum absolute atomic E-state index is 0.166. The van der Waals surface area contributed by atoms with Crippen molar-refractivity contribution >= 4 is 23.6 Å². The number of benzene rings is 1. The molecule has 2 unspecified atom stereocenters. The van der Waals surface area contributed by atoms with E-state index in [1.54, 1.807) is 14.0 Å². The highest BCUT2D eigenvalue weighted by molar-refractivity contribution is 5.92. The first-order valence-electron chi connectivity index (χ1n) is 10.2. The van der Waals surface area contributed by atoms with Crippen LogP contribution >= 0.6 is 0 Å². The lowest BCUT2D eigenvalue weighted by molar-refractivity contribution is -0.141. The van der Waals surface area contributed by atoms with Crippen LogP contribution < -0.4 is 11.1 Å². The maximum Gasteiger partial charge on any atom is 0.243 e. The molecule has 0 heterocycles. The van der Waals surface area contributed by atoms with E-state index in [4.69, 9.17) is 5.73 Å². The molecule has 1 aromatic carbocycles. The first-order valence-corrected chi connectivity index (χ1v) is 10.2. The maximum absolute atomic E-state index is 12.9. The molecule has 3 N–H and O–H groups in total. The zero-order valence-corrected chi connectivity index (χ0v) is 18.6. The van der Waals surface area contributed by atoms with Crippen LogP contribution in [-0.4, -0.2) is 66.2 Å². The number of nitrogens with two attached hydrogens (primary N) is 1. The number of primary amides is 1. The van der Waals surface area contributed by atoms with Crippen LogP contribution in [0, 0.1) is 5.92 Å². The molecule has 2 atom stereocenters. The average molecular weight is 419 g/mol. The summed E-state index contributed by atoms with van der Waals surface area (Å²) >= 11 is 0. The van der Waals surface area contributed by atoms with Gasteiger partial charge in [-0.05, 0) is 17.9 Å². The molecule has 0 saturated carbocycles. The van der Waals surface area contributed by atoms with Crippen LogP contribution in [0.1, 0.15) is 39.2 Å². The van der Waals surface area contributed by atoms with Gasteiger partial charge in [0.1, 0.15) is 12.1 Å². The fourth-order valence-corrected chi connectivity index (χ4v) is 3.16. The van der Waals surface area contributed by atoms with Crippen molar-refractivity contribution in [1.29, 1.82) is 0 Å². The Labute approximate surface area is 178 Å². The Balaban J connectivity index is 2.86. The van der Waals surface area contributed by atoms with Gasteiger partial charge in [-0.25, -0.2) is 0 Å². The molecule has 0 aliphatic heterocycles. The van der Waals surface area contributed by atoms with Crippen molar-refractivity contribution < 1.29 is 19.2 Å². The van der Waals surface area contributed by atoms with E-state index in [0.29, 0.717) is 12.8 Å². The van der Waals surface area contributed by atoms with E-state index in [-0.39, 0.29) is 24.8 Å². The lowest BCUT2D eigenvalue weighted by atomic mass is 10.0. The molecule has 166 valence electrons. The van der Waals surface area contributed by atoms with Crippen LogP contribution in [0.4, 0.5) is 0 Å². The number of likely N-dealkylation sites (N-methyl/N-ethyl adjacent to an activating group) is 2. The molecule has 30 heavy (non-hydrogen) atoms. The second-order valence-electron chi connectivity index (χ2n) is 7.83. The molecule has 0 saturated heterocycles. The number of hydrogen-bond acceptors (Lipinski definition) is 4. The fraction of sp³-hybridized carbons (Fsp3) is 0.545. The summed E-state index contributed by atoms with van der Waals surface area (Å²) in [5.74, 6) is -1.42. The molecule has 1 rings (SSSR count). The number of amides is 4. The summed E-state index contributed by atoms with van der Waals surface area (Å²) < 4.78 is 0. The Bertz CT molecular complexity index is 736. The first kappa shape index (κ1) is 25.1. The van der Waals surface area contributed by atoms with E-state index in [0.717, 1.165) is 5.56 Å². The van der Waals surface area contributed by atoms with Crippen LogP contribution in [0.25, 0.3) is 0 Å². The minimum Gasteiger partial charge on any atom is -0.368 e. The monoisotopic (exact) mass is 418 g/mol. The SMILES string of the molecule is CCC(=O)N(C)C(Cc1ccccc1)C(=O)NCC(=O)N(C)C(CC(C)C)C(N)=O. The molecular weight excluding hydrogens is 384 g/mol. The maximum atomic E-state index is 12.9. The van der Waals surface area contributed by atoms with E-state index in [1.807, 2.05) is 44.2 Å². The van der Waals surface area contributed by atoms with Gasteiger partial charge in [0.25, 0.3) is 0 Å². The van der Waals surface area contributed by atoms with E-state index < -0.39 is 29.8 Å². The Morgan fingerprint density at radius 2 is 1.53 bits per heavy atom. The van der Waals surface area contributed by atoms with Gasteiger partial charge in [0.05, 0.1) is 6.54 Å². The van der Waals surface area contributed by atoms with E-state index in [2.05, 4.69) is 5.32 Å². The molecule has 4 amide bonds. The smallest absolute Gasteiger partial charge is 0.243 e. The first-order chi connectivity index (χ1) is 14.1. The fourth-order valence-electron chi connectivity index (χ4n) is 3.16. The molecule has 0 aromatic heterocycles. The average Bonchev–Trinajstić information content (AvgIpc) is 2.72. The molecule has 0 aliphatic rings. The lowest BCUT2D eigenvalue weighted by Crippen LogP contribution is -2.53. The molecule has 1 aromatic rings. The third kappa shape index (κ3) is 7.50. The Morgan fingerprint density at radius 1 is 0.967 bits per heavy atom. The third-order valence-corrected chi connectivity index (χ3v) is 5.04. The van der Waals surface area contributed by atoms with Gasteiger partial charge in [0.15, 0.2) is 0 Å². The quantitative estimate of drug-likeness (QED) is 0.557. The van der Waals surface area contributed by atoms with Crippen LogP contribution in [0.3, 0.4) is 0 Å². The largest absolute Gasteiger partial charge is 0.368 e. The number of carbonyl (C=O) groups excluding carboxylic acids is 4. The molecule has 0 aliphatic carbocycles. The summed E-state index contributed by atoms with van der Waals surface area (Å²) in [5, 5.41) is 2.61. The van der Waals surface area contributed by atoms with Crippen molar-refractivity contribution in [2.45, 2.75) is 52.1 Å². The second kappa shape index (κ2) is 11.9. The number of rotatable bonds is 11. The van der Waals surface area contributed by atoms with E-state index >= 15 is 0 Å². The number of hydrogen-bond donors (Lipinski definition) is 2. The van der Waals surface area contributed by atoms with Crippen molar-refractivity contribution in [3.8, 4) is 0 Å². The third-order valence-electron chi connectivity index (χ3n) is 5.04. The van der Waals surface area contributed by atoms with Crippen molar-refractivity contribution in [1.82, 2.24) is 15.1 Å². The highest BCUT2D eigenvalue weighted by Gasteiger charge is 2.29. The van der Waals surface area contributed by atoms with Crippen molar-refractivity contribution in [3.05, 3.63) is 35.9 Å². The summed E-state index contributed by atoms with van der Waals surface area (Å²) in [6.45, 7) is 5.32. The van der Waals surface area contributed by atoms with Crippen molar-refractivity contribution in [3.63, 3.8) is 0 Å². The summed E-state index contributed by atoms with van der Waals surface area (Å²) in [4.78, 5) is 52.0. The zero-order chi connectivity index (χ0) is 22.8. The number of carbonyl (C=O) groups is 4. The van der Waals surface area contributed by atoms with Crippen LogP contribution in [-0.2, 0) is 25.6 Å². The summed E-state index contributed by atoms with van der Waals surface area (Å²) in [7, 11) is 3.08. The Hall–Kier alpha value is -2.90. The van der Waals surface area contributed by atoms with Crippen LogP contribution in [0.2, 0.25) is 0 Å². The van der Waals surface area contributed by atoms with Crippen LogP contribution in [0.5, 0.6) is 0 Å². The zero-order valence-electron chi connectivity index (χ0n) is 18.6. The molecule has 0 fully saturated rings. The number of nitrogens with one attached hydrogen (secondary N) is 1. The van der Waals surface area contributed by atoms with Gasteiger partial charge in [-0.1, -0.05) is 51.1 Å². The normalized spacial score (nSPS) is 12.7. The van der Waals surface area contributed by atoms with Gasteiger partial charge in [-0.3, -0.25) is 19.2 Å². The summed E-state index contributed by atoms with van der Waals surface area (Å²) in [5.41, 5.74) is 6.34. The highest BCUT2D eigenvalue weighted by atomic mass is 16.2. The van der Waals surface area contributed by atoms with Gasteiger partial charge in [0, 0.05) is 26.9 Å². The molecular formula is C22H34N4O4. The number of nitrogens with zero attached hydrogens (tertiary/aromatic N) is 2. The standard InChI is InChI=1S/C22H34N4O4/c1-6-19(27)26(5)18(13-16-10-8-7-9-11-16)22(30)24-14-20(28)25(4)17(21(23)29)12-15(2)3/h7-11,15,17-18H,6,12-14H2,1-5H3,(H2,23,29)(H,24,30). The van der Waals surface area contributed by atoms with Crippen molar-refractivity contribution in [2.24, 2.45) is 11.7 Å². The van der Waals surface area contributed by atoms with Crippen LogP contribution in [0.15, 0.2) is 30.3 Å². The molecule has 0 bridgehead atoms. The molecule has 8 heteroatoms. The van der Waals surface area contributed by atoms with Crippen molar-refractivity contribution in [2.75, 3.05) is 20.6 Å². The second-order valence-corrected chi connectivity index (χ2v) is 7.83. The summed E-state index contributed by atoms with van der Waals surface area (Å²) in [6.07, 6.45) is 1.04. The predicted molar refractivity (Wildman–Crippen MR) is 115 cm³/mol. The van der Waals surface area contributed by atoms with Gasteiger partial charge >= 0.3 is 0 Å². The minimum atomic E-state index is -0.749. The molecule has 0 radical (unpaired) electrons. The lowest BCUT2D eigenvalue weighted by Gasteiger charge is -2.29. The van der Waals surface area contributed by atoms with Gasteiger partial charge in [0.2, 0.25) is 23.6 Å². The Kier molecular flexibility index (Phi) is 10.0. The molecule has 8 nitrogen and oxygen atoms in total. The Morgan fingerprint density at radius 3 is 2.03 bits per heavy atom. The van der Waals surface area contributed by atoms with E-state index in [1.165, 1.54) is 16.8 Å². The summed E-state index contributed by atoms with van der Waals surface area (Å²) in [6, 6.07) is 7.88.